The summed E-state index contributed by atoms with van der Waals surface area (Å²) in [5.41, 5.74) is 4.67. The molecule has 0 aliphatic carbocycles. The first-order valence-corrected chi connectivity index (χ1v) is 10.6. The lowest BCUT2D eigenvalue weighted by Gasteiger charge is -2.07. The molecule has 5 aromatic rings. The largest absolute Gasteiger partial charge is 0.393 e. The van der Waals surface area contributed by atoms with E-state index in [4.69, 9.17) is 5.41 Å². The third-order valence-corrected chi connectivity index (χ3v) is 5.64. The molecule has 0 saturated carbocycles. The number of fused-ring (bicyclic) bond motifs is 3. The number of allylic oxidation sites excluding steroid dienone is 1. The second kappa shape index (κ2) is 8.55. The van der Waals surface area contributed by atoms with E-state index in [0.717, 1.165) is 22.4 Å². The van der Waals surface area contributed by atoms with Gasteiger partial charge in [0.1, 0.15) is 5.65 Å². The number of rotatable bonds is 6. The van der Waals surface area contributed by atoms with Gasteiger partial charge in [-0.15, -0.1) is 0 Å². The number of hydrogen-bond acceptors (Lipinski definition) is 6. The van der Waals surface area contributed by atoms with Crippen LogP contribution in [0.15, 0.2) is 84.2 Å². The van der Waals surface area contributed by atoms with Crippen LogP contribution in [-0.4, -0.2) is 27.6 Å². The van der Waals surface area contributed by atoms with Crippen LogP contribution >= 0.6 is 0 Å². The first-order chi connectivity index (χ1) is 16.2. The molecule has 3 N–H and O–H groups in total. The molecule has 7 nitrogen and oxygen atoms in total. The van der Waals surface area contributed by atoms with E-state index in [1.807, 2.05) is 65.3 Å². The second-order valence-electron chi connectivity index (χ2n) is 7.69. The first kappa shape index (κ1) is 20.4. The van der Waals surface area contributed by atoms with E-state index >= 15 is 0 Å². The van der Waals surface area contributed by atoms with E-state index < -0.39 is 0 Å². The highest BCUT2D eigenvalue weighted by atomic mass is 16.1. The van der Waals surface area contributed by atoms with Crippen molar-refractivity contribution >= 4 is 44.8 Å². The molecule has 3 heterocycles. The van der Waals surface area contributed by atoms with Crippen LogP contribution < -0.4 is 16.1 Å². The Morgan fingerprint density at radius 1 is 1.06 bits per heavy atom. The Morgan fingerprint density at radius 3 is 2.79 bits per heavy atom. The van der Waals surface area contributed by atoms with Crippen molar-refractivity contribution < 1.29 is 0 Å². The van der Waals surface area contributed by atoms with Crippen LogP contribution in [0.2, 0.25) is 0 Å². The van der Waals surface area contributed by atoms with Gasteiger partial charge in [0.15, 0.2) is 5.43 Å². The van der Waals surface area contributed by atoms with Gasteiger partial charge in [0.05, 0.1) is 24.0 Å². The maximum Gasteiger partial charge on any atom is 0.195 e. The van der Waals surface area contributed by atoms with E-state index in [2.05, 4.69) is 20.6 Å². The summed E-state index contributed by atoms with van der Waals surface area (Å²) < 4.78 is 2.04. The van der Waals surface area contributed by atoms with Gasteiger partial charge in [0.25, 0.3) is 0 Å². The van der Waals surface area contributed by atoms with Crippen LogP contribution in [0.1, 0.15) is 11.3 Å². The fraction of sp³-hybridized carbons (Fsp3) is 0.0769. The van der Waals surface area contributed by atoms with Gasteiger partial charge in [-0.3, -0.25) is 9.78 Å². The molecule has 0 unspecified atom stereocenters. The van der Waals surface area contributed by atoms with Gasteiger partial charge >= 0.3 is 0 Å². The molecule has 0 amide bonds. The van der Waals surface area contributed by atoms with Crippen LogP contribution in [0.5, 0.6) is 0 Å². The SMILES string of the molecule is CN/C=C(\C=N)c1cnc2ccc3ccc(NCc4cnc5ccccn45)cc3c(=O)c2c1. The molecule has 3 aromatic heterocycles. The summed E-state index contributed by atoms with van der Waals surface area (Å²) in [4.78, 5) is 22.4. The molecular weight excluding hydrogens is 412 g/mol. The number of imidazole rings is 1. The molecular formula is C26H22N6O. The van der Waals surface area contributed by atoms with Crippen molar-refractivity contribution in [3.05, 3.63) is 101 Å². The highest BCUT2D eigenvalue weighted by molar-refractivity contribution is 6.09. The van der Waals surface area contributed by atoms with Crippen molar-refractivity contribution in [1.29, 1.82) is 5.41 Å². The maximum atomic E-state index is 13.5. The van der Waals surface area contributed by atoms with Crippen LogP contribution in [0.25, 0.3) is 32.9 Å². The van der Waals surface area contributed by atoms with Gasteiger partial charge in [-0.2, -0.15) is 0 Å². The molecule has 0 saturated heterocycles. The minimum absolute atomic E-state index is 0.0911. The van der Waals surface area contributed by atoms with Crippen molar-refractivity contribution in [2.75, 3.05) is 12.4 Å². The minimum atomic E-state index is -0.0911. The standard InChI is InChI=1S/C26H22N6O/c1-28-13-19(12-27)18-10-23-24(30-14-18)8-6-17-5-7-20(11-22(17)26(23)33)29-15-21-16-31-25-4-2-3-9-32(21)25/h2-14,16,27-29H,15H2,1H3/b19-13+,27-12?. The molecule has 0 aliphatic heterocycles. The monoisotopic (exact) mass is 434 g/mol. The highest BCUT2D eigenvalue weighted by Gasteiger charge is 2.08. The number of nitrogens with one attached hydrogen (secondary N) is 3. The molecule has 162 valence electrons. The normalized spacial score (nSPS) is 11.7. The molecule has 0 atom stereocenters. The topological polar surface area (TPSA) is 95.2 Å². The van der Waals surface area contributed by atoms with Crippen LogP contribution in [-0.2, 0) is 6.54 Å². The van der Waals surface area contributed by atoms with Gasteiger partial charge in [-0.1, -0.05) is 18.2 Å². The lowest BCUT2D eigenvalue weighted by atomic mass is 10.1. The van der Waals surface area contributed by atoms with Gasteiger partial charge in [0.2, 0.25) is 0 Å². The molecule has 0 spiro atoms. The number of benzene rings is 1. The van der Waals surface area contributed by atoms with E-state index in [1.54, 1.807) is 25.5 Å². The molecule has 0 bridgehead atoms. The molecule has 0 radical (unpaired) electrons. The van der Waals surface area contributed by atoms with Gasteiger partial charge in [-0.25, -0.2) is 4.98 Å². The molecule has 33 heavy (non-hydrogen) atoms. The molecule has 0 aliphatic rings. The van der Waals surface area contributed by atoms with Crippen LogP contribution in [0.3, 0.4) is 0 Å². The van der Waals surface area contributed by atoms with Crippen molar-refractivity contribution in [2.24, 2.45) is 0 Å². The summed E-state index contributed by atoms with van der Waals surface area (Å²) in [6, 6.07) is 17.3. The van der Waals surface area contributed by atoms with Crippen LogP contribution in [0, 0.1) is 5.41 Å². The number of pyridine rings is 2. The zero-order chi connectivity index (χ0) is 22.8. The van der Waals surface area contributed by atoms with E-state index in [1.165, 1.54) is 6.21 Å². The predicted molar refractivity (Wildman–Crippen MR) is 134 cm³/mol. The zero-order valence-corrected chi connectivity index (χ0v) is 18.0. The van der Waals surface area contributed by atoms with E-state index in [-0.39, 0.29) is 5.43 Å². The Kier molecular flexibility index (Phi) is 5.28. The Bertz CT molecular complexity index is 1600. The maximum absolute atomic E-state index is 13.5. The molecule has 0 fully saturated rings. The summed E-state index contributed by atoms with van der Waals surface area (Å²) in [5.74, 6) is 0. The Labute approximate surface area is 190 Å². The Hall–Kier alpha value is -4.52. The van der Waals surface area contributed by atoms with E-state index in [9.17, 15) is 4.79 Å². The summed E-state index contributed by atoms with van der Waals surface area (Å²) in [5, 5.41) is 16.0. The Morgan fingerprint density at radius 2 is 1.94 bits per heavy atom. The summed E-state index contributed by atoms with van der Waals surface area (Å²) in [7, 11) is 1.77. The fourth-order valence-corrected chi connectivity index (χ4v) is 3.94. The number of nitrogens with zero attached hydrogens (tertiary/aromatic N) is 3. The summed E-state index contributed by atoms with van der Waals surface area (Å²) in [6.07, 6.45) is 8.47. The van der Waals surface area contributed by atoms with Crippen molar-refractivity contribution in [3.63, 3.8) is 0 Å². The van der Waals surface area contributed by atoms with Crippen LogP contribution in [0.4, 0.5) is 5.69 Å². The minimum Gasteiger partial charge on any atom is -0.393 e. The summed E-state index contributed by atoms with van der Waals surface area (Å²) >= 11 is 0. The fourth-order valence-electron chi connectivity index (χ4n) is 3.94. The van der Waals surface area contributed by atoms with E-state index in [0.29, 0.717) is 34.0 Å². The third-order valence-electron chi connectivity index (χ3n) is 5.64. The van der Waals surface area contributed by atoms with Gasteiger partial charge < -0.3 is 20.4 Å². The number of aromatic nitrogens is 3. The zero-order valence-electron chi connectivity index (χ0n) is 18.0. The average molecular weight is 435 g/mol. The average Bonchev–Trinajstić information content (AvgIpc) is 3.21. The summed E-state index contributed by atoms with van der Waals surface area (Å²) in [6.45, 7) is 0.577. The Balaban J connectivity index is 1.56. The number of anilines is 1. The lowest BCUT2D eigenvalue weighted by molar-refractivity contribution is 1.00. The lowest BCUT2D eigenvalue weighted by Crippen LogP contribution is -2.04. The van der Waals surface area contributed by atoms with Crippen molar-refractivity contribution in [3.8, 4) is 0 Å². The first-order valence-electron chi connectivity index (χ1n) is 10.6. The third kappa shape index (κ3) is 3.80. The van der Waals surface area contributed by atoms with Crippen molar-refractivity contribution in [1.82, 2.24) is 19.7 Å². The predicted octanol–water partition coefficient (Wildman–Crippen LogP) is 4.22. The smallest absolute Gasteiger partial charge is 0.195 e. The number of hydrogen-bond donors (Lipinski definition) is 3. The van der Waals surface area contributed by atoms with Gasteiger partial charge in [-0.05, 0) is 41.8 Å². The quantitative estimate of drug-likeness (QED) is 0.348. The second-order valence-corrected chi connectivity index (χ2v) is 7.69. The molecule has 7 heteroatoms. The molecule has 5 rings (SSSR count). The molecule has 2 aromatic carbocycles. The van der Waals surface area contributed by atoms with Gasteiger partial charge in [0, 0.05) is 59.5 Å². The highest BCUT2D eigenvalue weighted by Crippen LogP contribution is 2.21. The van der Waals surface area contributed by atoms with Crippen molar-refractivity contribution in [2.45, 2.75) is 6.54 Å².